The molecule has 0 radical (unpaired) electrons. The molecule has 0 aromatic heterocycles. The molecule has 0 saturated heterocycles. The second-order valence-electron chi connectivity index (χ2n) is 5.55. The van der Waals surface area contributed by atoms with E-state index < -0.39 is 6.10 Å². The number of benzene rings is 1. The van der Waals surface area contributed by atoms with E-state index in [1.54, 1.807) is 13.0 Å². The number of carbonyl (C=O) groups is 1. The van der Waals surface area contributed by atoms with Crippen LogP contribution in [0.25, 0.3) is 0 Å². The lowest BCUT2D eigenvalue weighted by atomic mass is 9.99. The van der Waals surface area contributed by atoms with Crippen LogP contribution in [-0.2, 0) is 0 Å². The van der Waals surface area contributed by atoms with Crippen molar-refractivity contribution in [1.82, 2.24) is 5.32 Å². The van der Waals surface area contributed by atoms with Crippen molar-refractivity contribution in [3.63, 3.8) is 0 Å². The number of aliphatic hydroxyl groups excluding tert-OH is 1. The summed E-state index contributed by atoms with van der Waals surface area (Å²) < 4.78 is 0. The summed E-state index contributed by atoms with van der Waals surface area (Å²) in [7, 11) is 0. The molecule has 0 fully saturated rings. The maximum absolute atomic E-state index is 11.9. The topological polar surface area (TPSA) is 61.4 Å². The van der Waals surface area contributed by atoms with Crippen LogP contribution in [-0.4, -0.2) is 17.7 Å². The molecule has 0 bridgehead atoms. The molecular weight excluding hydrogens is 264 g/mol. The van der Waals surface area contributed by atoms with Crippen molar-refractivity contribution < 1.29 is 9.90 Å². The fourth-order valence-electron chi connectivity index (χ4n) is 2.23. The molecule has 2 unspecified atom stereocenters. The summed E-state index contributed by atoms with van der Waals surface area (Å²) in [5.74, 6) is 0.541. The molecule has 1 aromatic rings. The Hall–Kier alpha value is -1.55. The van der Waals surface area contributed by atoms with Gasteiger partial charge in [-0.2, -0.15) is 0 Å². The molecule has 21 heavy (non-hydrogen) atoms. The molecule has 1 aromatic carbocycles. The minimum Gasteiger partial charge on any atom is -0.389 e. The Bertz CT molecular complexity index is 433. The zero-order valence-corrected chi connectivity index (χ0v) is 13.4. The summed E-state index contributed by atoms with van der Waals surface area (Å²) in [6.07, 6.45) is 4.10. The van der Waals surface area contributed by atoms with Gasteiger partial charge in [0.2, 0.25) is 0 Å². The number of unbranched alkanes of at least 4 members (excludes halogenated alkanes) is 1. The van der Waals surface area contributed by atoms with E-state index in [4.69, 9.17) is 0 Å². The van der Waals surface area contributed by atoms with Crippen LogP contribution in [0.3, 0.4) is 0 Å². The predicted octanol–water partition coefficient (Wildman–Crippen LogP) is 4.08. The van der Waals surface area contributed by atoms with E-state index in [-0.39, 0.29) is 6.03 Å². The summed E-state index contributed by atoms with van der Waals surface area (Å²) in [4.78, 5) is 11.9. The van der Waals surface area contributed by atoms with Gasteiger partial charge in [-0.05, 0) is 37.0 Å². The van der Waals surface area contributed by atoms with Gasteiger partial charge in [-0.15, -0.1) is 0 Å². The SMILES string of the molecule is CCCCC(CC)CNC(=O)Nc1cccc(C(C)O)c1. The number of carbonyl (C=O) groups excluding carboxylic acids is 1. The minimum atomic E-state index is -0.534. The molecule has 0 aliphatic rings. The van der Waals surface area contributed by atoms with Crippen LogP contribution >= 0.6 is 0 Å². The monoisotopic (exact) mass is 292 g/mol. The maximum Gasteiger partial charge on any atom is 0.319 e. The first-order chi connectivity index (χ1) is 10.1. The molecule has 4 heteroatoms. The summed E-state index contributed by atoms with van der Waals surface area (Å²) in [5.41, 5.74) is 1.50. The molecule has 0 heterocycles. The van der Waals surface area contributed by atoms with Gasteiger partial charge in [0.15, 0.2) is 0 Å². The molecule has 3 N–H and O–H groups in total. The van der Waals surface area contributed by atoms with Crippen LogP contribution in [0.2, 0.25) is 0 Å². The third-order valence-corrected chi connectivity index (χ3v) is 3.72. The Labute approximate surface area is 128 Å². The fraction of sp³-hybridized carbons (Fsp3) is 0.588. The highest BCUT2D eigenvalue weighted by molar-refractivity contribution is 5.89. The number of amides is 2. The molecule has 2 amide bonds. The summed E-state index contributed by atoms with van der Waals surface area (Å²) in [6.45, 7) is 6.76. The number of urea groups is 1. The van der Waals surface area contributed by atoms with Gasteiger partial charge in [0.25, 0.3) is 0 Å². The first kappa shape index (κ1) is 17.5. The average molecular weight is 292 g/mol. The second-order valence-corrected chi connectivity index (χ2v) is 5.55. The Morgan fingerprint density at radius 1 is 1.33 bits per heavy atom. The van der Waals surface area contributed by atoms with Gasteiger partial charge >= 0.3 is 6.03 Å². The number of hydrogen-bond acceptors (Lipinski definition) is 2. The molecular formula is C17H28N2O2. The summed E-state index contributed by atoms with van der Waals surface area (Å²) in [5, 5.41) is 15.3. The van der Waals surface area contributed by atoms with Gasteiger partial charge < -0.3 is 15.7 Å². The highest BCUT2D eigenvalue weighted by Crippen LogP contribution is 2.17. The van der Waals surface area contributed by atoms with E-state index in [9.17, 15) is 9.90 Å². The van der Waals surface area contributed by atoms with Gasteiger partial charge in [0.1, 0.15) is 0 Å². The third-order valence-electron chi connectivity index (χ3n) is 3.72. The Kier molecular flexibility index (Phi) is 7.83. The van der Waals surface area contributed by atoms with Crippen LogP contribution < -0.4 is 10.6 Å². The third kappa shape index (κ3) is 6.63. The van der Waals surface area contributed by atoms with Crippen molar-refractivity contribution in [2.45, 2.75) is 52.6 Å². The van der Waals surface area contributed by atoms with E-state index >= 15 is 0 Å². The van der Waals surface area contributed by atoms with Crippen LogP contribution in [0.1, 0.15) is 58.1 Å². The Morgan fingerprint density at radius 3 is 2.71 bits per heavy atom. The Morgan fingerprint density at radius 2 is 2.10 bits per heavy atom. The van der Waals surface area contributed by atoms with Crippen LogP contribution in [0.5, 0.6) is 0 Å². The maximum atomic E-state index is 11.9. The van der Waals surface area contributed by atoms with Gasteiger partial charge in [0.05, 0.1) is 6.10 Å². The van der Waals surface area contributed by atoms with Gasteiger partial charge in [-0.3, -0.25) is 0 Å². The van der Waals surface area contributed by atoms with Crippen molar-refractivity contribution in [3.8, 4) is 0 Å². The predicted molar refractivity (Wildman–Crippen MR) is 87.4 cm³/mol. The molecule has 4 nitrogen and oxygen atoms in total. The van der Waals surface area contributed by atoms with Gasteiger partial charge in [-0.1, -0.05) is 45.2 Å². The molecule has 0 spiro atoms. The first-order valence-corrected chi connectivity index (χ1v) is 7.89. The normalized spacial score (nSPS) is 13.5. The highest BCUT2D eigenvalue weighted by atomic mass is 16.3. The van der Waals surface area contributed by atoms with E-state index in [1.807, 2.05) is 18.2 Å². The van der Waals surface area contributed by atoms with Crippen molar-refractivity contribution in [3.05, 3.63) is 29.8 Å². The average Bonchev–Trinajstić information content (AvgIpc) is 2.47. The lowest BCUT2D eigenvalue weighted by Gasteiger charge is -2.16. The summed E-state index contributed by atoms with van der Waals surface area (Å²) in [6, 6.07) is 7.09. The molecule has 2 atom stereocenters. The van der Waals surface area contributed by atoms with Crippen LogP contribution in [0.15, 0.2) is 24.3 Å². The standard InChI is InChI=1S/C17H28N2O2/c1-4-6-8-14(5-2)12-18-17(21)19-16-10-7-9-15(11-16)13(3)20/h7,9-11,13-14,20H,4-6,8,12H2,1-3H3,(H2,18,19,21). The first-order valence-electron chi connectivity index (χ1n) is 7.89. The van der Waals surface area contributed by atoms with Crippen molar-refractivity contribution in [1.29, 1.82) is 0 Å². The number of rotatable bonds is 8. The lowest BCUT2D eigenvalue weighted by molar-refractivity contribution is 0.199. The summed E-state index contributed by atoms with van der Waals surface area (Å²) >= 11 is 0. The van der Waals surface area contributed by atoms with Crippen molar-refractivity contribution >= 4 is 11.7 Å². The fourth-order valence-corrected chi connectivity index (χ4v) is 2.23. The van der Waals surface area contributed by atoms with E-state index in [0.717, 1.165) is 18.4 Å². The van der Waals surface area contributed by atoms with E-state index in [0.29, 0.717) is 18.2 Å². The number of hydrogen-bond donors (Lipinski definition) is 3. The molecule has 0 saturated carbocycles. The molecule has 0 aliphatic heterocycles. The molecule has 1 rings (SSSR count). The minimum absolute atomic E-state index is 0.187. The zero-order chi connectivity index (χ0) is 15.7. The number of nitrogens with one attached hydrogen (secondary N) is 2. The van der Waals surface area contributed by atoms with Gasteiger partial charge in [-0.25, -0.2) is 4.79 Å². The van der Waals surface area contributed by atoms with E-state index in [1.165, 1.54) is 12.8 Å². The molecule has 0 aliphatic carbocycles. The second kappa shape index (κ2) is 9.40. The smallest absolute Gasteiger partial charge is 0.319 e. The number of anilines is 1. The zero-order valence-electron chi connectivity index (χ0n) is 13.4. The van der Waals surface area contributed by atoms with Crippen molar-refractivity contribution in [2.75, 3.05) is 11.9 Å². The van der Waals surface area contributed by atoms with Crippen LogP contribution in [0, 0.1) is 5.92 Å². The number of aliphatic hydroxyl groups is 1. The quantitative estimate of drug-likeness (QED) is 0.676. The lowest BCUT2D eigenvalue weighted by Crippen LogP contribution is -2.33. The van der Waals surface area contributed by atoms with Crippen LogP contribution in [0.4, 0.5) is 10.5 Å². The Balaban J connectivity index is 2.44. The molecule has 118 valence electrons. The van der Waals surface area contributed by atoms with Crippen molar-refractivity contribution in [2.24, 2.45) is 5.92 Å². The van der Waals surface area contributed by atoms with Gasteiger partial charge in [0, 0.05) is 12.2 Å². The highest BCUT2D eigenvalue weighted by Gasteiger charge is 2.09. The largest absolute Gasteiger partial charge is 0.389 e. The van der Waals surface area contributed by atoms with E-state index in [2.05, 4.69) is 24.5 Å².